The number of aliphatic hydroxyl groups excluding tert-OH is 1. The number of thiophene rings is 1. The molecule has 1 heterocycles. The summed E-state index contributed by atoms with van der Waals surface area (Å²) in [6, 6.07) is 2.00. The van der Waals surface area contributed by atoms with Gasteiger partial charge in [-0.1, -0.05) is 18.8 Å². The van der Waals surface area contributed by atoms with Gasteiger partial charge in [-0.15, -0.1) is 11.3 Å². The maximum absolute atomic E-state index is 12.1. The van der Waals surface area contributed by atoms with Gasteiger partial charge < -0.3 is 14.7 Å². The minimum Gasteiger partial charge on any atom is -0.395 e. The van der Waals surface area contributed by atoms with E-state index in [0.29, 0.717) is 26.0 Å². The van der Waals surface area contributed by atoms with Gasteiger partial charge in [-0.3, -0.25) is 4.79 Å². The van der Waals surface area contributed by atoms with E-state index >= 15 is 0 Å². The number of carbonyl (C=O) groups excluding carboxylic acids is 1. The summed E-state index contributed by atoms with van der Waals surface area (Å²) >= 11 is 1.60. The highest BCUT2D eigenvalue weighted by molar-refractivity contribution is 7.10. The topological polar surface area (TPSA) is 49.8 Å². The summed E-state index contributed by atoms with van der Waals surface area (Å²) < 4.78 is 5.05. The van der Waals surface area contributed by atoms with Crippen LogP contribution in [0.4, 0.5) is 0 Å². The van der Waals surface area contributed by atoms with Crippen LogP contribution in [0.25, 0.3) is 0 Å². The van der Waals surface area contributed by atoms with Crippen LogP contribution in [0.3, 0.4) is 0 Å². The molecule has 0 aliphatic rings. The van der Waals surface area contributed by atoms with Gasteiger partial charge in [-0.05, 0) is 12.0 Å². The van der Waals surface area contributed by atoms with Gasteiger partial charge >= 0.3 is 0 Å². The molecule has 0 radical (unpaired) electrons. The molecule has 0 aromatic carbocycles. The van der Waals surface area contributed by atoms with E-state index in [9.17, 15) is 4.79 Å². The normalized spacial score (nSPS) is 11.6. The van der Waals surface area contributed by atoms with Crippen molar-refractivity contribution >= 4 is 17.2 Å². The van der Waals surface area contributed by atoms with Crippen LogP contribution < -0.4 is 0 Å². The van der Waals surface area contributed by atoms with Crippen molar-refractivity contribution in [1.29, 1.82) is 0 Å². The molecule has 0 aliphatic carbocycles. The third kappa shape index (κ3) is 6.76. The van der Waals surface area contributed by atoms with Gasteiger partial charge in [0.2, 0.25) is 5.91 Å². The first-order chi connectivity index (χ1) is 10.1. The van der Waals surface area contributed by atoms with Gasteiger partial charge in [0.05, 0.1) is 13.2 Å². The second kappa shape index (κ2) is 9.56. The van der Waals surface area contributed by atoms with Crippen LogP contribution in [0.2, 0.25) is 0 Å². The van der Waals surface area contributed by atoms with Gasteiger partial charge in [-0.2, -0.15) is 0 Å². The molecular formula is C16H23NO3S. The van der Waals surface area contributed by atoms with Crippen LogP contribution in [-0.2, 0) is 16.1 Å². The molecule has 0 saturated heterocycles. The number of methoxy groups -OCH3 is 1. The summed E-state index contributed by atoms with van der Waals surface area (Å²) in [7, 11) is 3.47. The molecule has 5 heteroatoms. The molecule has 1 unspecified atom stereocenters. The van der Waals surface area contributed by atoms with Gasteiger partial charge in [0, 0.05) is 49.4 Å². The van der Waals surface area contributed by atoms with Gasteiger partial charge in [-0.25, -0.2) is 0 Å². The molecule has 1 N–H and O–H groups in total. The van der Waals surface area contributed by atoms with Crippen LogP contribution in [0.1, 0.15) is 30.2 Å². The van der Waals surface area contributed by atoms with E-state index in [1.807, 2.05) is 25.4 Å². The van der Waals surface area contributed by atoms with Crippen LogP contribution in [0.5, 0.6) is 0 Å². The number of aliphatic hydroxyl groups is 1. The first-order valence-electron chi connectivity index (χ1n) is 6.96. The standard InChI is InChI=1S/C16H23NO3S/c1-13(11-20-3)8-16(19)17(2)10-15-9-14(12-21-15)6-4-5-7-18/h9,12-13,18H,5,7-8,10-11H2,1-3H3. The molecule has 1 rings (SSSR count). The van der Waals surface area contributed by atoms with Crippen molar-refractivity contribution in [3.05, 3.63) is 21.9 Å². The van der Waals surface area contributed by atoms with Gasteiger partial charge in [0.1, 0.15) is 0 Å². The lowest BCUT2D eigenvalue weighted by molar-refractivity contribution is -0.131. The Hall–Kier alpha value is -1.35. The SMILES string of the molecule is COCC(C)CC(=O)N(C)Cc1cc(C#CCCO)cs1. The number of hydrogen-bond acceptors (Lipinski definition) is 4. The molecule has 1 amide bonds. The van der Waals surface area contributed by atoms with E-state index in [-0.39, 0.29) is 18.4 Å². The van der Waals surface area contributed by atoms with Crippen LogP contribution in [-0.4, -0.2) is 43.3 Å². The van der Waals surface area contributed by atoms with E-state index in [1.165, 1.54) is 0 Å². The quantitative estimate of drug-likeness (QED) is 0.785. The molecule has 0 spiro atoms. The van der Waals surface area contributed by atoms with E-state index in [0.717, 1.165) is 10.4 Å². The monoisotopic (exact) mass is 309 g/mol. The Morgan fingerprint density at radius 2 is 2.33 bits per heavy atom. The minimum atomic E-state index is 0.0842. The number of ether oxygens (including phenoxy) is 1. The fraction of sp³-hybridized carbons (Fsp3) is 0.562. The predicted molar refractivity (Wildman–Crippen MR) is 85.0 cm³/mol. The first kappa shape index (κ1) is 17.7. The summed E-state index contributed by atoms with van der Waals surface area (Å²) in [6.45, 7) is 3.30. The highest BCUT2D eigenvalue weighted by atomic mass is 32.1. The Kier molecular flexibility index (Phi) is 8.06. The van der Waals surface area contributed by atoms with E-state index in [4.69, 9.17) is 9.84 Å². The summed E-state index contributed by atoms with van der Waals surface area (Å²) in [5.41, 5.74) is 0.942. The lowest BCUT2D eigenvalue weighted by Crippen LogP contribution is -2.28. The maximum Gasteiger partial charge on any atom is 0.222 e. The Labute approximate surface area is 130 Å². The molecule has 0 saturated carbocycles. The fourth-order valence-electron chi connectivity index (χ4n) is 1.87. The second-order valence-electron chi connectivity index (χ2n) is 5.09. The van der Waals surface area contributed by atoms with Crippen LogP contribution >= 0.6 is 11.3 Å². The summed E-state index contributed by atoms with van der Waals surface area (Å²) in [5.74, 6) is 6.25. The third-order valence-electron chi connectivity index (χ3n) is 2.92. The molecule has 0 bridgehead atoms. The summed E-state index contributed by atoms with van der Waals surface area (Å²) in [4.78, 5) is 14.9. The van der Waals surface area contributed by atoms with Crippen LogP contribution in [0, 0.1) is 17.8 Å². The lowest BCUT2D eigenvalue weighted by atomic mass is 10.1. The maximum atomic E-state index is 12.1. The average Bonchev–Trinajstić information content (AvgIpc) is 2.86. The lowest BCUT2D eigenvalue weighted by Gasteiger charge is -2.18. The predicted octanol–water partition coefficient (Wildman–Crippen LogP) is 2.11. The number of nitrogens with zero attached hydrogens (tertiary/aromatic N) is 1. The largest absolute Gasteiger partial charge is 0.395 e. The van der Waals surface area contributed by atoms with E-state index in [2.05, 4.69) is 11.8 Å². The van der Waals surface area contributed by atoms with E-state index < -0.39 is 0 Å². The highest BCUT2D eigenvalue weighted by Gasteiger charge is 2.14. The Bertz CT molecular complexity index is 501. The molecule has 1 aromatic rings. The zero-order chi connectivity index (χ0) is 15.7. The minimum absolute atomic E-state index is 0.0842. The zero-order valence-electron chi connectivity index (χ0n) is 12.9. The first-order valence-corrected chi connectivity index (χ1v) is 7.84. The van der Waals surface area contributed by atoms with Crippen molar-refractivity contribution in [3.8, 4) is 11.8 Å². The molecule has 0 fully saturated rings. The zero-order valence-corrected chi connectivity index (χ0v) is 13.7. The van der Waals surface area contributed by atoms with Gasteiger partial charge in [0.25, 0.3) is 0 Å². The average molecular weight is 309 g/mol. The van der Waals surface area contributed by atoms with Crippen molar-refractivity contribution < 1.29 is 14.6 Å². The van der Waals surface area contributed by atoms with Gasteiger partial charge in [0.15, 0.2) is 0 Å². The molecule has 1 aromatic heterocycles. The number of hydrogen-bond donors (Lipinski definition) is 1. The Morgan fingerprint density at radius 1 is 1.57 bits per heavy atom. The van der Waals surface area contributed by atoms with Crippen molar-refractivity contribution in [2.75, 3.05) is 27.4 Å². The van der Waals surface area contributed by atoms with Crippen molar-refractivity contribution in [2.24, 2.45) is 5.92 Å². The molecule has 21 heavy (non-hydrogen) atoms. The molecule has 0 aliphatic heterocycles. The number of carbonyl (C=O) groups is 1. The fourth-order valence-corrected chi connectivity index (χ4v) is 2.74. The highest BCUT2D eigenvalue weighted by Crippen LogP contribution is 2.16. The van der Waals surface area contributed by atoms with E-state index in [1.54, 1.807) is 23.3 Å². The molecular weight excluding hydrogens is 286 g/mol. The summed E-state index contributed by atoms with van der Waals surface area (Å²) in [6.07, 6.45) is 0.986. The van der Waals surface area contributed by atoms with Crippen molar-refractivity contribution in [1.82, 2.24) is 4.90 Å². The molecule has 4 nitrogen and oxygen atoms in total. The summed E-state index contributed by atoms with van der Waals surface area (Å²) in [5, 5.41) is 10.7. The Morgan fingerprint density at radius 3 is 3.00 bits per heavy atom. The second-order valence-corrected chi connectivity index (χ2v) is 6.09. The van der Waals surface area contributed by atoms with Crippen molar-refractivity contribution in [3.63, 3.8) is 0 Å². The number of rotatable bonds is 7. The Balaban J connectivity index is 2.49. The molecule has 1 atom stereocenters. The smallest absolute Gasteiger partial charge is 0.222 e. The molecule has 116 valence electrons. The third-order valence-corrected chi connectivity index (χ3v) is 3.84. The van der Waals surface area contributed by atoms with Crippen molar-refractivity contribution in [2.45, 2.75) is 26.3 Å². The number of amides is 1. The van der Waals surface area contributed by atoms with Crippen LogP contribution in [0.15, 0.2) is 11.4 Å².